The number of aliphatic carboxylic acids is 1. The molecule has 28 heavy (non-hydrogen) atoms. The van der Waals surface area contributed by atoms with E-state index < -0.39 is 5.97 Å². The summed E-state index contributed by atoms with van der Waals surface area (Å²) in [6, 6.07) is 16.8. The summed E-state index contributed by atoms with van der Waals surface area (Å²) in [4.78, 5) is 25.7. The van der Waals surface area contributed by atoms with Gasteiger partial charge in [-0.2, -0.15) is 0 Å². The number of piperidine rings is 2. The third-order valence-corrected chi connectivity index (χ3v) is 6.70. The molecule has 5 nitrogen and oxygen atoms in total. The average molecular weight is 377 g/mol. The lowest BCUT2D eigenvalue weighted by molar-refractivity contribution is -0.141. The minimum absolute atomic E-state index is 0.0444. The molecule has 3 fully saturated rings. The first-order valence-electron chi connectivity index (χ1n) is 9.95. The minimum Gasteiger partial charge on any atom is -0.481 e. The number of hydrogen-bond acceptors (Lipinski definition) is 3. The predicted molar refractivity (Wildman–Crippen MR) is 104 cm³/mol. The third kappa shape index (κ3) is 2.77. The Labute approximate surface area is 163 Å². The Hall–Kier alpha value is -2.82. The Bertz CT molecular complexity index is 888. The van der Waals surface area contributed by atoms with Gasteiger partial charge in [-0.05, 0) is 46.9 Å². The molecule has 6 rings (SSSR count). The third-order valence-electron chi connectivity index (χ3n) is 6.70. The number of amides is 1. The molecule has 2 saturated heterocycles. The Morgan fingerprint density at radius 3 is 2.21 bits per heavy atom. The first kappa shape index (κ1) is 17.3. The molecule has 0 radical (unpaired) electrons. The molecule has 4 aliphatic rings. The van der Waals surface area contributed by atoms with Gasteiger partial charge in [0.1, 0.15) is 6.61 Å². The topological polar surface area (TPSA) is 66.8 Å². The average Bonchev–Trinajstić information content (AvgIpc) is 2.98. The van der Waals surface area contributed by atoms with Crippen LogP contribution in [-0.4, -0.2) is 41.3 Å². The van der Waals surface area contributed by atoms with Crippen molar-refractivity contribution in [1.29, 1.82) is 0 Å². The number of nitrogens with zero attached hydrogens (tertiary/aromatic N) is 1. The molecule has 2 aromatic carbocycles. The van der Waals surface area contributed by atoms with Crippen molar-refractivity contribution in [2.24, 2.45) is 11.8 Å². The molecular weight excluding hydrogens is 354 g/mol. The van der Waals surface area contributed by atoms with E-state index in [2.05, 4.69) is 24.3 Å². The van der Waals surface area contributed by atoms with Crippen molar-refractivity contribution >= 4 is 12.1 Å². The second-order valence-corrected chi connectivity index (χ2v) is 8.20. The van der Waals surface area contributed by atoms with Gasteiger partial charge in [-0.25, -0.2) is 4.79 Å². The van der Waals surface area contributed by atoms with Gasteiger partial charge in [0, 0.05) is 18.5 Å². The molecule has 2 aromatic rings. The highest BCUT2D eigenvalue weighted by Crippen LogP contribution is 2.46. The molecule has 1 saturated carbocycles. The van der Waals surface area contributed by atoms with E-state index in [1.54, 1.807) is 4.90 Å². The number of benzene rings is 2. The van der Waals surface area contributed by atoms with E-state index in [0.717, 1.165) is 12.8 Å². The minimum atomic E-state index is -0.789. The largest absolute Gasteiger partial charge is 0.481 e. The number of carboxylic acid groups (broad SMARTS) is 1. The highest BCUT2D eigenvalue weighted by molar-refractivity contribution is 5.79. The van der Waals surface area contributed by atoms with Crippen molar-refractivity contribution < 1.29 is 19.4 Å². The van der Waals surface area contributed by atoms with Gasteiger partial charge in [0.25, 0.3) is 0 Å². The summed E-state index contributed by atoms with van der Waals surface area (Å²) in [7, 11) is 0. The van der Waals surface area contributed by atoms with E-state index >= 15 is 0 Å². The molecule has 2 bridgehead atoms. The van der Waals surface area contributed by atoms with Crippen LogP contribution in [-0.2, 0) is 9.53 Å². The zero-order valence-electron chi connectivity index (χ0n) is 15.6. The van der Waals surface area contributed by atoms with Crippen molar-refractivity contribution in [2.75, 3.05) is 13.2 Å². The Kier molecular flexibility index (Phi) is 4.11. The van der Waals surface area contributed by atoms with Crippen LogP contribution in [0.15, 0.2) is 48.5 Å². The number of carboxylic acids is 1. The van der Waals surface area contributed by atoms with Crippen LogP contribution >= 0.6 is 0 Å². The standard InChI is InChI=1S/C23H23NO4/c25-22(26)11-15-12-24(16-9-14(15)10-16)23(27)28-13-21-19-7-3-1-5-17(19)18-6-2-4-8-20(18)21/h1-8,14-16,21H,9-13H2,(H,25,26). The van der Waals surface area contributed by atoms with Gasteiger partial charge in [0.15, 0.2) is 0 Å². The zero-order valence-corrected chi connectivity index (χ0v) is 15.6. The van der Waals surface area contributed by atoms with E-state index in [9.17, 15) is 9.59 Å². The zero-order chi connectivity index (χ0) is 19.3. The van der Waals surface area contributed by atoms with Crippen molar-refractivity contribution in [3.63, 3.8) is 0 Å². The van der Waals surface area contributed by atoms with E-state index in [4.69, 9.17) is 9.84 Å². The van der Waals surface area contributed by atoms with Crippen molar-refractivity contribution in [2.45, 2.75) is 31.2 Å². The molecule has 2 aliphatic heterocycles. The van der Waals surface area contributed by atoms with Crippen LogP contribution in [0.4, 0.5) is 4.79 Å². The Balaban J connectivity index is 1.30. The van der Waals surface area contributed by atoms with Crippen LogP contribution in [0.2, 0.25) is 0 Å². The second kappa shape index (κ2) is 6.66. The molecule has 1 unspecified atom stereocenters. The van der Waals surface area contributed by atoms with Crippen LogP contribution in [0.5, 0.6) is 0 Å². The SMILES string of the molecule is O=C(O)CC1CN(C(=O)OCC2c3ccccc3-c3ccccc32)C2CC1C2. The van der Waals surface area contributed by atoms with E-state index in [1.165, 1.54) is 22.3 Å². The van der Waals surface area contributed by atoms with Gasteiger partial charge in [0.05, 0.1) is 6.42 Å². The summed E-state index contributed by atoms with van der Waals surface area (Å²) in [6.07, 6.45) is 1.63. The van der Waals surface area contributed by atoms with Gasteiger partial charge in [-0.3, -0.25) is 4.79 Å². The maximum Gasteiger partial charge on any atom is 0.410 e. The summed E-state index contributed by atoms with van der Waals surface area (Å²) in [5.74, 6) is -0.255. The fraction of sp³-hybridized carbons (Fsp3) is 0.391. The molecule has 2 aliphatic carbocycles. The number of carbonyl (C=O) groups excluding carboxylic acids is 1. The van der Waals surface area contributed by atoms with Crippen LogP contribution < -0.4 is 0 Å². The summed E-state index contributed by atoms with van der Waals surface area (Å²) in [6.45, 7) is 0.807. The van der Waals surface area contributed by atoms with Gasteiger partial charge in [-0.1, -0.05) is 48.5 Å². The molecule has 144 valence electrons. The lowest BCUT2D eigenvalue weighted by atomic mass is 9.66. The monoisotopic (exact) mass is 377 g/mol. The molecule has 1 amide bonds. The van der Waals surface area contributed by atoms with Gasteiger partial charge < -0.3 is 14.7 Å². The second-order valence-electron chi connectivity index (χ2n) is 8.20. The summed E-state index contributed by atoms with van der Waals surface area (Å²) in [5.41, 5.74) is 4.81. The molecule has 0 aromatic heterocycles. The van der Waals surface area contributed by atoms with Gasteiger partial charge >= 0.3 is 12.1 Å². The lowest BCUT2D eigenvalue weighted by Crippen LogP contribution is -2.58. The maximum atomic E-state index is 12.8. The Morgan fingerprint density at radius 1 is 1.00 bits per heavy atom. The van der Waals surface area contributed by atoms with E-state index in [1.807, 2.05) is 24.3 Å². The maximum absolute atomic E-state index is 12.8. The molecule has 5 heteroatoms. The van der Waals surface area contributed by atoms with E-state index in [-0.39, 0.29) is 30.4 Å². The summed E-state index contributed by atoms with van der Waals surface area (Å²) >= 11 is 0. The molecular formula is C23H23NO4. The Morgan fingerprint density at radius 2 is 1.61 bits per heavy atom. The number of ether oxygens (including phenoxy) is 1. The van der Waals surface area contributed by atoms with Crippen LogP contribution in [0, 0.1) is 11.8 Å². The van der Waals surface area contributed by atoms with Crippen LogP contribution in [0.3, 0.4) is 0 Å². The lowest BCUT2D eigenvalue weighted by Gasteiger charge is -2.52. The molecule has 2 heterocycles. The van der Waals surface area contributed by atoms with E-state index in [0.29, 0.717) is 19.1 Å². The first-order chi connectivity index (χ1) is 13.6. The highest BCUT2D eigenvalue weighted by atomic mass is 16.6. The van der Waals surface area contributed by atoms with Gasteiger partial charge in [-0.15, -0.1) is 0 Å². The molecule has 0 spiro atoms. The number of fused-ring (bicyclic) bond motifs is 5. The number of carbonyl (C=O) groups is 2. The summed E-state index contributed by atoms with van der Waals surface area (Å²) < 4.78 is 5.77. The van der Waals surface area contributed by atoms with Crippen molar-refractivity contribution in [3.05, 3.63) is 59.7 Å². The number of hydrogen-bond donors (Lipinski definition) is 1. The van der Waals surface area contributed by atoms with Crippen molar-refractivity contribution in [3.8, 4) is 11.1 Å². The molecule has 1 atom stereocenters. The highest BCUT2D eigenvalue weighted by Gasteiger charge is 2.47. The quantitative estimate of drug-likeness (QED) is 0.870. The number of rotatable bonds is 4. The fourth-order valence-electron chi connectivity index (χ4n) is 5.18. The van der Waals surface area contributed by atoms with Crippen LogP contribution in [0.25, 0.3) is 11.1 Å². The normalized spacial score (nSPS) is 24.9. The van der Waals surface area contributed by atoms with Crippen molar-refractivity contribution in [1.82, 2.24) is 4.90 Å². The predicted octanol–water partition coefficient (Wildman–Crippen LogP) is 4.12. The smallest absolute Gasteiger partial charge is 0.410 e. The summed E-state index contributed by atoms with van der Waals surface area (Å²) in [5, 5.41) is 9.12. The first-order valence-corrected chi connectivity index (χ1v) is 9.95. The fourth-order valence-corrected chi connectivity index (χ4v) is 5.18. The van der Waals surface area contributed by atoms with Gasteiger partial charge in [0.2, 0.25) is 0 Å². The molecule has 1 N–H and O–H groups in total. The van der Waals surface area contributed by atoms with Crippen LogP contribution in [0.1, 0.15) is 36.3 Å².